The molecule has 0 unspecified atom stereocenters. The number of morpholine rings is 1. The van der Waals surface area contributed by atoms with Crippen molar-refractivity contribution in [2.75, 3.05) is 32.1 Å². The van der Waals surface area contributed by atoms with E-state index < -0.39 is 5.54 Å². The highest BCUT2D eigenvalue weighted by Gasteiger charge is 2.35. The maximum atomic E-state index is 12.7. The Bertz CT molecular complexity index is 450. The van der Waals surface area contributed by atoms with Gasteiger partial charge in [0.25, 0.3) is 0 Å². The lowest BCUT2D eigenvalue weighted by Gasteiger charge is -2.39. The van der Waals surface area contributed by atoms with Crippen molar-refractivity contribution in [3.05, 3.63) is 29.8 Å². The van der Waals surface area contributed by atoms with Crippen molar-refractivity contribution in [2.24, 2.45) is 0 Å². The Hall–Kier alpha value is -0.840. The predicted octanol–water partition coefficient (Wildman–Crippen LogP) is 3.09. The molecule has 4 heteroatoms. The molecule has 0 radical (unpaired) electrons. The van der Waals surface area contributed by atoms with E-state index in [-0.39, 0.29) is 5.78 Å². The molecule has 110 valence electrons. The molecule has 0 N–H and O–H groups in total. The zero-order valence-electron chi connectivity index (χ0n) is 12.5. The summed E-state index contributed by atoms with van der Waals surface area (Å²) in [5.74, 6) is 1.24. The van der Waals surface area contributed by atoms with E-state index in [2.05, 4.69) is 11.8 Å². The van der Waals surface area contributed by atoms with Gasteiger partial charge in [-0.3, -0.25) is 9.69 Å². The molecule has 0 bridgehead atoms. The minimum atomic E-state index is -0.469. The predicted molar refractivity (Wildman–Crippen MR) is 83.6 cm³/mol. The highest BCUT2D eigenvalue weighted by molar-refractivity contribution is 7.99. The number of ether oxygens (including phenoxy) is 1. The van der Waals surface area contributed by atoms with E-state index in [4.69, 9.17) is 4.74 Å². The molecule has 3 nitrogen and oxygen atoms in total. The third kappa shape index (κ3) is 3.43. The van der Waals surface area contributed by atoms with E-state index in [1.54, 1.807) is 11.8 Å². The van der Waals surface area contributed by atoms with Crippen LogP contribution in [-0.2, 0) is 4.74 Å². The molecule has 20 heavy (non-hydrogen) atoms. The number of carbonyl (C=O) groups excluding carboxylic acids is 1. The molecule has 1 saturated heterocycles. The van der Waals surface area contributed by atoms with Gasteiger partial charge in [0.05, 0.1) is 18.8 Å². The summed E-state index contributed by atoms with van der Waals surface area (Å²) >= 11 is 1.79. The standard InChI is InChI=1S/C16H23NO2S/c1-4-20-14-7-5-13(6-8-14)15(18)16(2,3)17-9-11-19-12-10-17/h5-8H,4,9-12H2,1-3H3. The summed E-state index contributed by atoms with van der Waals surface area (Å²) in [6.45, 7) is 9.21. The van der Waals surface area contributed by atoms with Crippen molar-refractivity contribution in [1.29, 1.82) is 0 Å². The number of thioether (sulfide) groups is 1. The van der Waals surface area contributed by atoms with Crippen molar-refractivity contribution in [1.82, 2.24) is 4.90 Å². The summed E-state index contributed by atoms with van der Waals surface area (Å²) in [7, 11) is 0. The number of benzene rings is 1. The maximum absolute atomic E-state index is 12.7. The lowest BCUT2D eigenvalue weighted by atomic mass is 9.91. The van der Waals surface area contributed by atoms with Gasteiger partial charge in [0, 0.05) is 23.5 Å². The van der Waals surface area contributed by atoms with Crippen LogP contribution in [0.2, 0.25) is 0 Å². The van der Waals surface area contributed by atoms with E-state index in [1.807, 2.05) is 38.1 Å². The average Bonchev–Trinajstić information content (AvgIpc) is 2.48. The van der Waals surface area contributed by atoms with Gasteiger partial charge < -0.3 is 4.74 Å². The number of ketones is 1. The highest BCUT2D eigenvalue weighted by atomic mass is 32.2. The van der Waals surface area contributed by atoms with Gasteiger partial charge in [-0.1, -0.05) is 19.1 Å². The van der Waals surface area contributed by atoms with Gasteiger partial charge in [-0.25, -0.2) is 0 Å². The Balaban J connectivity index is 2.12. The van der Waals surface area contributed by atoms with Crippen molar-refractivity contribution in [2.45, 2.75) is 31.2 Å². The van der Waals surface area contributed by atoms with Gasteiger partial charge >= 0.3 is 0 Å². The first kappa shape index (κ1) is 15.5. The van der Waals surface area contributed by atoms with Crippen LogP contribution in [0.15, 0.2) is 29.2 Å². The molecule has 1 aliphatic heterocycles. The van der Waals surface area contributed by atoms with E-state index in [0.29, 0.717) is 13.2 Å². The minimum absolute atomic E-state index is 0.187. The molecule has 1 heterocycles. The summed E-state index contributed by atoms with van der Waals surface area (Å²) < 4.78 is 5.37. The molecule has 1 fully saturated rings. The van der Waals surface area contributed by atoms with Gasteiger partial charge in [0.1, 0.15) is 0 Å². The number of hydrogen-bond acceptors (Lipinski definition) is 4. The molecule has 1 aliphatic rings. The average molecular weight is 293 g/mol. The number of Topliss-reactive ketones (excluding diaryl/α,β-unsaturated/α-hetero) is 1. The normalized spacial score (nSPS) is 17.1. The summed E-state index contributed by atoms with van der Waals surface area (Å²) in [5, 5.41) is 0. The fourth-order valence-corrected chi connectivity index (χ4v) is 3.15. The van der Waals surface area contributed by atoms with Gasteiger partial charge in [0.2, 0.25) is 0 Å². The van der Waals surface area contributed by atoms with Crippen LogP contribution in [0, 0.1) is 0 Å². The van der Waals surface area contributed by atoms with Crippen molar-refractivity contribution < 1.29 is 9.53 Å². The van der Waals surface area contributed by atoms with Gasteiger partial charge in [0.15, 0.2) is 5.78 Å². The number of carbonyl (C=O) groups is 1. The molecule has 0 atom stereocenters. The zero-order valence-corrected chi connectivity index (χ0v) is 13.3. The van der Waals surface area contributed by atoms with E-state index >= 15 is 0 Å². The van der Waals surface area contributed by atoms with Gasteiger partial charge in [-0.15, -0.1) is 11.8 Å². The number of rotatable bonds is 5. The monoisotopic (exact) mass is 293 g/mol. The van der Waals surface area contributed by atoms with E-state index in [9.17, 15) is 4.79 Å². The molecule has 0 amide bonds. The minimum Gasteiger partial charge on any atom is -0.379 e. The Morgan fingerprint density at radius 1 is 1.25 bits per heavy atom. The Kier molecular flexibility index (Phi) is 5.24. The molecule has 0 aromatic heterocycles. The second-order valence-electron chi connectivity index (χ2n) is 5.44. The first-order valence-corrected chi connectivity index (χ1v) is 8.14. The summed E-state index contributed by atoms with van der Waals surface area (Å²) in [6.07, 6.45) is 0. The van der Waals surface area contributed by atoms with Crippen LogP contribution in [0.5, 0.6) is 0 Å². The summed E-state index contributed by atoms with van der Waals surface area (Å²) in [5.41, 5.74) is 0.324. The maximum Gasteiger partial charge on any atom is 0.182 e. The van der Waals surface area contributed by atoms with Crippen LogP contribution in [0.4, 0.5) is 0 Å². The van der Waals surface area contributed by atoms with Crippen LogP contribution in [0.1, 0.15) is 31.1 Å². The second-order valence-corrected chi connectivity index (χ2v) is 6.78. The van der Waals surface area contributed by atoms with E-state index in [1.165, 1.54) is 4.90 Å². The van der Waals surface area contributed by atoms with Gasteiger partial charge in [-0.2, -0.15) is 0 Å². The molecule has 0 saturated carbocycles. The van der Waals surface area contributed by atoms with Crippen molar-refractivity contribution >= 4 is 17.5 Å². The first-order chi connectivity index (χ1) is 9.55. The lowest BCUT2D eigenvalue weighted by Crippen LogP contribution is -2.54. The topological polar surface area (TPSA) is 29.5 Å². The molecule has 0 spiro atoms. The van der Waals surface area contributed by atoms with Crippen LogP contribution in [-0.4, -0.2) is 48.3 Å². The highest BCUT2D eigenvalue weighted by Crippen LogP contribution is 2.24. The first-order valence-electron chi connectivity index (χ1n) is 7.16. The van der Waals surface area contributed by atoms with Crippen molar-refractivity contribution in [3.8, 4) is 0 Å². The number of hydrogen-bond donors (Lipinski definition) is 0. The fraction of sp³-hybridized carbons (Fsp3) is 0.562. The van der Waals surface area contributed by atoms with Crippen LogP contribution in [0.25, 0.3) is 0 Å². The molecular weight excluding hydrogens is 270 g/mol. The largest absolute Gasteiger partial charge is 0.379 e. The quantitative estimate of drug-likeness (QED) is 0.616. The summed E-state index contributed by atoms with van der Waals surface area (Å²) in [6, 6.07) is 7.97. The Morgan fingerprint density at radius 2 is 1.85 bits per heavy atom. The number of nitrogens with zero attached hydrogens (tertiary/aromatic N) is 1. The van der Waals surface area contributed by atoms with E-state index in [0.717, 1.165) is 24.4 Å². The van der Waals surface area contributed by atoms with Crippen molar-refractivity contribution in [3.63, 3.8) is 0 Å². The lowest BCUT2D eigenvalue weighted by molar-refractivity contribution is -0.00430. The van der Waals surface area contributed by atoms with Crippen LogP contribution >= 0.6 is 11.8 Å². The second kappa shape index (κ2) is 6.74. The third-order valence-electron chi connectivity index (χ3n) is 3.78. The fourth-order valence-electron chi connectivity index (χ4n) is 2.49. The van der Waals surface area contributed by atoms with Crippen LogP contribution < -0.4 is 0 Å². The van der Waals surface area contributed by atoms with Gasteiger partial charge in [-0.05, 0) is 31.7 Å². The zero-order chi connectivity index (χ0) is 14.6. The molecule has 0 aliphatic carbocycles. The van der Waals surface area contributed by atoms with Crippen LogP contribution in [0.3, 0.4) is 0 Å². The molecule has 1 aromatic carbocycles. The SMILES string of the molecule is CCSc1ccc(C(=O)C(C)(C)N2CCOCC2)cc1. The molecular formula is C16H23NO2S. The molecule has 1 aromatic rings. The Labute approximate surface area is 125 Å². The Morgan fingerprint density at radius 3 is 2.40 bits per heavy atom. The molecule has 2 rings (SSSR count). The smallest absolute Gasteiger partial charge is 0.182 e. The summed E-state index contributed by atoms with van der Waals surface area (Å²) in [4.78, 5) is 16.2. The third-order valence-corrected chi connectivity index (χ3v) is 4.68.